The van der Waals surface area contributed by atoms with E-state index in [0.717, 1.165) is 0 Å². The van der Waals surface area contributed by atoms with Gasteiger partial charge < -0.3 is 4.74 Å². The van der Waals surface area contributed by atoms with Crippen LogP contribution in [-0.4, -0.2) is 28.6 Å². The van der Waals surface area contributed by atoms with Crippen LogP contribution in [0, 0.1) is 10.1 Å². The van der Waals surface area contributed by atoms with Gasteiger partial charge >= 0.3 is 6.09 Å². The van der Waals surface area contributed by atoms with E-state index in [1.165, 1.54) is 11.9 Å². The lowest BCUT2D eigenvalue weighted by Crippen LogP contribution is -2.40. The Morgan fingerprint density at radius 3 is 1.82 bits per heavy atom. The number of hydrogen-bond donors (Lipinski definition) is 0. The third-order valence-corrected chi connectivity index (χ3v) is 4.55. The van der Waals surface area contributed by atoms with Crippen molar-refractivity contribution in [3.05, 3.63) is 79.8 Å². The Hall–Kier alpha value is -2.31. The Kier molecular flexibility index (Phi) is 6.91. The van der Waals surface area contributed by atoms with Crippen LogP contribution in [-0.2, 0) is 4.74 Å². The lowest BCUT2D eigenvalue weighted by Gasteiger charge is -2.32. The third-order valence-electron chi connectivity index (χ3n) is 4.05. The monoisotopic (exact) mass is 424 g/mol. The number of carbonyl (C=O) groups excluding carboxylic acids is 1. The summed E-state index contributed by atoms with van der Waals surface area (Å²) >= 11 is 11.9. The van der Waals surface area contributed by atoms with Crippen LogP contribution in [0.15, 0.2) is 48.5 Å². The largest absolute Gasteiger partial charge is 0.444 e. The van der Waals surface area contributed by atoms with Crippen LogP contribution >= 0.6 is 23.2 Å². The fraction of sp³-hybridized carbons (Fsp3) is 0.350. The van der Waals surface area contributed by atoms with Crippen molar-refractivity contribution < 1.29 is 14.5 Å². The molecule has 28 heavy (non-hydrogen) atoms. The second-order valence-electron chi connectivity index (χ2n) is 7.37. The summed E-state index contributed by atoms with van der Waals surface area (Å²) in [5, 5.41) is 13.0. The van der Waals surface area contributed by atoms with Gasteiger partial charge in [-0.1, -0.05) is 47.5 Å². The van der Waals surface area contributed by atoms with E-state index < -0.39 is 28.7 Å². The van der Waals surface area contributed by atoms with E-state index in [0.29, 0.717) is 21.2 Å². The maximum atomic E-state index is 12.7. The lowest BCUT2D eigenvalue weighted by atomic mass is 9.93. The maximum absolute atomic E-state index is 12.7. The Bertz CT molecular complexity index is 833. The van der Waals surface area contributed by atoms with Crippen molar-refractivity contribution in [2.24, 2.45) is 0 Å². The van der Waals surface area contributed by atoms with Crippen molar-refractivity contribution in [2.75, 3.05) is 7.05 Å². The zero-order chi connectivity index (χ0) is 21.1. The molecule has 0 N–H and O–H groups in total. The zero-order valence-corrected chi connectivity index (χ0v) is 17.6. The Morgan fingerprint density at radius 1 is 1.00 bits per heavy atom. The highest BCUT2D eigenvalue weighted by Crippen LogP contribution is 2.37. The Morgan fingerprint density at radius 2 is 1.43 bits per heavy atom. The maximum Gasteiger partial charge on any atom is 0.410 e. The topological polar surface area (TPSA) is 72.7 Å². The molecule has 0 heterocycles. The second-order valence-corrected chi connectivity index (χ2v) is 8.24. The van der Waals surface area contributed by atoms with Gasteiger partial charge in [0.2, 0.25) is 0 Å². The number of nitro groups is 1. The summed E-state index contributed by atoms with van der Waals surface area (Å²) in [6.07, 6.45) is -0.659. The predicted octanol–water partition coefficient (Wildman–Crippen LogP) is 5.92. The highest BCUT2D eigenvalue weighted by Gasteiger charge is 2.40. The molecule has 0 saturated carbocycles. The van der Waals surface area contributed by atoms with E-state index in [-0.39, 0.29) is 0 Å². The van der Waals surface area contributed by atoms with Gasteiger partial charge in [-0.2, -0.15) is 0 Å². The molecule has 0 saturated heterocycles. The SMILES string of the molecule is CN(C(=O)OC(C)(C)C)[C@H](c1ccc(Cl)cc1)[C@H](c1ccc(Cl)cc1)[N+](=O)[O-]. The van der Waals surface area contributed by atoms with E-state index in [9.17, 15) is 14.9 Å². The molecule has 0 fully saturated rings. The van der Waals surface area contributed by atoms with Crippen LogP contribution in [0.5, 0.6) is 0 Å². The summed E-state index contributed by atoms with van der Waals surface area (Å²) < 4.78 is 5.43. The predicted molar refractivity (Wildman–Crippen MR) is 109 cm³/mol. The lowest BCUT2D eigenvalue weighted by molar-refractivity contribution is -0.537. The van der Waals surface area contributed by atoms with Crippen LogP contribution in [0.3, 0.4) is 0 Å². The number of hydrogen-bond acceptors (Lipinski definition) is 4. The van der Waals surface area contributed by atoms with Crippen LogP contribution in [0.2, 0.25) is 10.0 Å². The molecule has 0 radical (unpaired) electrons. The quantitative estimate of drug-likeness (QED) is 0.440. The van der Waals surface area contributed by atoms with Crippen LogP contribution in [0.25, 0.3) is 0 Å². The Balaban J connectivity index is 2.54. The molecule has 2 rings (SSSR count). The van der Waals surface area contributed by atoms with Gasteiger partial charge in [-0.3, -0.25) is 15.0 Å². The molecule has 2 aromatic carbocycles. The summed E-state index contributed by atoms with van der Waals surface area (Å²) in [5.41, 5.74) is 0.250. The number of benzene rings is 2. The zero-order valence-electron chi connectivity index (χ0n) is 16.1. The molecule has 0 aliphatic heterocycles. The van der Waals surface area contributed by atoms with Crippen LogP contribution in [0.4, 0.5) is 4.79 Å². The fourth-order valence-electron chi connectivity index (χ4n) is 2.80. The molecule has 2 aromatic rings. The molecule has 2 atom stereocenters. The highest BCUT2D eigenvalue weighted by molar-refractivity contribution is 6.30. The van der Waals surface area contributed by atoms with Crippen molar-refractivity contribution in [2.45, 2.75) is 38.5 Å². The van der Waals surface area contributed by atoms with Gasteiger partial charge in [0.1, 0.15) is 11.6 Å². The smallest absolute Gasteiger partial charge is 0.410 e. The molecule has 0 aromatic heterocycles. The number of amides is 1. The van der Waals surface area contributed by atoms with Gasteiger partial charge in [0.15, 0.2) is 0 Å². The average molecular weight is 425 g/mol. The Labute approximate surface area is 174 Å². The van der Waals surface area contributed by atoms with Crippen LogP contribution in [0.1, 0.15) is 44.0 Å². The van der Waals surface area contributed by atoms with Crippen molar-refractivity contribution in [3.8, 4) is 0 Å². The molecule has 0 aliphatic rings. The first kappa shape index (κ1) is 22.0. The van der Waals surface area contributed by atoms with Gasteiger partial charge in [0.05, 0.1) is 0 Å². The van der Waals surface area contributed by atoms with Crippen LogP contribution < -0.4 is 0 Å². The molecular weight excluding hydrogens is 403 g/mol. The molecule has 0 unspecified atom stereocenters. The number of halogens is 2. The first-order valence-corrected chi connectivity index (χ1v) is 9.35. The molecule has 150 valence electrons. The fourth-order valence-corrected chi connectivity index (χ4v) is 3.06. The minimum Gasteiger partial charge on any atom is -0.444 e. The first-order chi connectivity index (χ1) is 13.0. The summed E-state index contributed by atoms with van der Waals surface area (Å²) in [7, 11) is 1.49. The molecule has 8 heteroatoms. The van der Waals surface area contributed by atoms with Crippen molar-refractivity contribution in [1.82, 2.24) is 4.90 Å². The van der Waals surface area contributed by atoms with Gasteiger partial charge in [-0.25, -0.2) is 4.79 Å². The van der Waals surface area contributed by atoms with Crippen molar-refractivity contribution in [3.63, 3.8) is 0 Å². The number of nitrogens with zero attached hydrogens (tertiary/aromatic N) is 2. The summed E-state index contributed by atoms with van der Waals surface area (Å²) in [6, 6.07) is 10.8. The molecule has 0 bridgehead atoms. The summed E-state index contributed by atoms with van der Waals surface area (Å²) in [6.45, 7) is 5.21. The van der Waals surface area contributed by atoms with Gasteiger partial charge in [-0.15, -0.1) is 0 Å². The molecule has 0 aliphatic carbocycles. The number of ether oxygens (including phenoxy) is 1. The number of rotatable bonds is 5. The highest BCUT2D eigenvalue weighted by atomic mass is 35.5. The average Bonchev–Trinajstić information content (AvgIpc) is 2.59. The number of carbonyl (C=O) groups is 1. The molecule has 0 spiro atoms. The van der Waals surface area contributed by atoms with E-state index >= 15 is 0 Å². The van der Waals surface area contributed by atoms with E-state index in [2.05, 4.69) is 0 Å². The van der Waals surface area contributed by atoms with E-state index in [1.807, 2.05) is 0 Å². The van der Waals surface area contributed by atoms with Crippen molar-refractivity contribution in [1.29, 1.82) is 0 Å². The minimum absolute atomic E-state index is 0.413. The second kappa shape index (κ2) is 8.80. The van der Waals surface area contributed by atoms with Gasteiger partial charge in [0, 0.05) is 27.6 Å². The van der Waals surface area contributed by atoms with Gasteiger partial charge in [-0.05, 0) is 50.6 Å². The first-order valence-electron chi connectivity index (χ1n) is 8.60. The molecular formula is C20H22Cl2N2O4. The standard InChI is InChI=1S/C20H22Cl2N2O4/c1-20(2,3)28-19(25)23(4)17(13-5-9-15(21)10-6-13)18(24(26)27)14-7-11-16(22)12-8-14/h5-12,17-18H,1-4H3/t17-,18+/m1/s1. The molecule has 6 nitrogen and oxygen atoms in total. The normalized spacial score (nSPS) is 13.5. The number of likely N-dealkylation sites (N-methyl/N-ethyl adjacent to an activating group) is 1. The molecule has 1 amide bonds. The van der Waals surface area contributed by atoms with E-state index in [4.69, 9.17) is 27.9 Å². The van der Waals surface area contributed by atoms with Crippen molar-refractivity contribution >= 4 is 29.3 Å². The minimum atomic E-state index is -1.23. The van der Waals surface area contributed by atoms with E-state index in [1.54, 1.807) is 69.3 Å². The van der Waals surface area contributed by atoms with Gasteiger partial charge in [0.25, 0.3) is 6.04 Å². The third kappa shape index (κ3) is 5.59. The summed E-state index contributed by atoms with van der Waals surface area (Å²) in [4.78, 5) is 25.6. The summed E-state index contributed by atoms with van der Waals surface area (Å²) in [5.74, 6) is 0.